The van der Waals surface area contributed by atoms with Gasteiger partial charge in [0.2, 0.25) is 5.91 Å². The minimum atomic E-state index is 0.256. The van der Waals surface area contributed by atoms with E-state index in [4.69, 9.17) is 4.98 Å². The zero-order valence-electron chi connectivity index (χ0n) is 17.0. The van der Waals surface area contributed by atoms with E-state index >= 15 is 0 Å². The summed E-state index contributed by atoms with van der Waals surface area (Å²) in [7, 11) is 0. The lowest BCUT2D eigenvalue weighted by molar-refractivity contribution is -0.129. The Morgan fingerprint density at radius 2 is 1.71 bits per heavy atom. The molecule has 1 aromatic carbocycles. The maximum atomic E-state index is 12.8. The van der Waals surface area contributed by atoms with Crippen LogP contribution in [0.15, 0.2) is 24.3 Å². The largest absolute Gasteiger partial charge is 0.339 e. The number of imidazole rings is 1. The Hall–Kier alpha value is -1.84. The molecule has 1 atom stereocenters. The molecule has 1 aromatic heterocycles. The number of hydrogen-bond donors (Lipinski definition) is 0. The minimum Gasteiger partial charge on any atom is -0.339 e. The highest BCUT2D eigenvalue weighted by Gasteiger charge is 2.38. The molecule has 5 rings (SSSR count). The third-order valence-electron chi connectivity index (χ3n) is 7.46. The summed E-state index contributed by atoms with van der Waals surface area (Å²) in [6.45, 7) is 1.92. The molecule has 4 nitrogen and oxygen atoms in total. The van der Waals surface area contributed by atoms with Gasteiger partial charge in [-0.2, -0.15) is 0 Å². The zero-order chi connectivity index (χ0) is 18.9. The molecule has 0 N–H and O–H groups in total. The van der Waals surface area contributed by atoms with Crippen molar-refractivity contribution in [3.63, 3.8) is 0 Å². The van der Waals surface area contributed by atoms with E-state index in [0.717, 1.165) is 30.3 Å². The van der Waals surface area contributed by atoms with E-state index in [1.165, 1.54) is 69.7 Å². The second kappa shape index (κ2) is 7.88. The number of carbonyl (C=O) groups is 1. The summed E-state index contributed by atoms with van der Waals surface area (Å²) in [6.07, 6.45) is 13.8. The highest BCUT2D eigenvalue weighted by atomic mass is 16.2. The van der Waals surface area contributed by atoms with Gasteiger partial charge in [-0.15, -0.1) is 0 Å². The van der Waals surface area contributed by atoms with Gasteiger partial charge in [0.1, 0.15) is 5.82 Å². The first-order chi connectivity index (χ1) is 13.8. The number of likely N-dealkylation sites (tertiary alicyclic amines) is 1. The molecule has 1 saturated heterocycles. The van der Waals surface area contributed by atoms with Gasteiger partial charge in [0.25, 0.3) is 0 Å². The molecule has 3 aliphatic rings. The smallest absolute Gasteiger partial charge is 0.223 e. The summed E-state index contributed by atoms with van der Waals surface area (Å²) >= 11 is 0. The number of aryl methyl sites for hydroxylation is 1. The summed E-state index contributed by atoms with van der Waals surface area (Å²) in [4.78, 5) is 20.0. The SMILES string of the molecule is O=C1CC(c2nc3ccccc3n2CCC2CCCCC2)CN1C1CCCC1. The molecule has 28 heavy (non-hydrogen) atoms. The van der Waals surface area contributed by atoms with Crippen LogP contribution in [0.4, 0.5) is 0 Å². The monoisotopic (exact) mass is 379 g/mol. The van der Waals surface area contributed by atoms with Gasteiger partial charge < -0.3 is 9.47 Å². The van der Waals surface area contributed by atoms with Crippen LogP contribution in [0.5, 0.6) is 0 Å². The first-order valence-electron chi connectivity index (χ1n) is 11.5. The second-order valence-corrected chi connectivity index (χ2v) is 9.29. The number of nitrogens with zero attached hydrogens (tertiary/aromatic N) is 3. The van der Waals surface area contributed by atoms with Crippen LogP contribution < -0.4 is 0 Å². The summed E-state index contributed by atoms with van der Waals surface area (Å²) < 4.78 is 2.46. The van der Waals surface area contributed by atoms with Crippen LogP contribution in [0.25, 0.3) is 11.0 Å². The number of aromatic nitrogens is 2. The van der Waals surface area contributed by atoms with E-state index in [1.807, 2.05) is 0 Å². The summed E-state index contributed by atoms with van der Waals surface area (Å²) in [6, 6.07) is 9.02. The maximum absolute atomic E-state index is 12.8. The van der Waals surface area contributed by atoms with E-state index in [1.54, 1.807) is 0 Å². The lowest BCUT2D eigenvalue weighted by atomic mass is 9.87. The topological polar surface area (TPSA) is 38.1 Å². The molecular weight excluding hydrogens is 346 g/mol. The number of amides is 1. The van der Waals surface area contributed by atoms with Gasteiger partial charge in [-0.05, 0) is 37.3 Å². The molecule has 1 aliphatic heterocycles. The average molecular weight is 380 g/mol. The quantitative estimate of drug-likeness (QED) is 0.710. The molecule has 2 saturated carbocycles. The molecule has 150 valence electrons. The number of rotatable bonds is 5. The molecule has 3 fully saturated rings. The highest BCUT2D eigenvalue weighted by molar-refractivity contribution is 5.81. The lowest BCUT2D eigenvalue weighted by Gasteiger charge is -2.24. The number of benzene rings is 1. The first kappa shape index (κ1) is 18.2. The van der Waals surface area contributed by atoms with Gasteiger partial charge in [0.15, 0.2) is 0 Å². The Morgan fingerprint density at radius 1 is 0.964 bits per heavy atom. The predicted molar refractivity (Wildman–Crippen MR) is 112 cm³/mol. The molecular formula is C24H33N3O. The van der Waals surface area contributed by atoms with Crippen LogP contribution in [0, 0.1) is 5.92 Å². The van der Waals surface area contributed by atoms with E-state index in [-0.39, 0.29) is 5.92 Å². The fourth-order valence-electron chi connectivity index (χ4n) is 5.90. The first-order valence-corrected chi connectivity index (χ1v) is 11.5. The van der Waals surface area contributed by atoms with E-state index < -0.39 is 0 Å². The molecule has 1 unspecified atom stereocenters. The normalized spacial score (nSPS) is 24.6. The van der Waals surface area contributed by atoms with Crippen molar-refractivity contribution in [2.45, 2.75) is 89.1 Å². The van der Waals surface area contributed by atoms with Crippen LogP contribution in [0.3, 0.4) is 0 Å². The standard InChI is InChI=1S/C24H33N3O/c28-23-16-19(17-27(23)20-10-4-5-11-20)24-25-21-12-6-7-13-22(21)26(24)15-14-18-8-2-1-3-9-18/h6-7,12-13,18-20H,1-5,8-11,14-17H2. The molecule has 0 spiro atoms. The Balaban J connectivity index is 1.39. The molecule has 2 aromatic rings. The number of carbonyl (C=O) groups excluding carboxylic acids is 1. The summed E-state index contributed by atoms with van der Waals surface area (Å²) in [5.41, 5.74) is 2.34. The summed E-state index contributed by atoms with van der Waals surface area (Å²) in [5.74, 6) is 2.63. The van der Waals surface area contributed by atoms with Crippen molar-refractivity contribution in [3.05, 3.63) is 30.1 Å². The molecule has 0 radical (unpaired) electrons. The van der Waals surface area contributed by atoms with Crippen molar-refractivity contribution in [2.24, 2.45) is 5.92 Å². The van der Waals surface area contributed by atoms with Crippen molar-refractivity contribution >= 4 is 16.9 Å². The lowest BCUT2D eigenvalue weighted by Crippen LogP contribution is -2.34. The Morgan fingerprint density at radius 3 is 2.54 bits per heavy atom. The van der Waals surface area contributed by atoms with Gasteiger partial charge in [-0.3, -0.25) is 4.79 Å². The van der Waals surface area contributed by atoms with E-state index in [9.17, 15) is 4.79 Å². The highest BCUT2D eigenvalue weighted by Crippen LogP contribution is 2.35. The Bertz CT molecular complexity index is 829. The molecule has 1 amide bonds. The van der Waals surface area contributed by atoms with E-state index in [0.29, 0.717) is 18.4 Å². The van der Waals surface area contributed by atoms with Crippen molar-refractivity contribution in [2.75, 3.05) is 6.54 Å². The third-order valence-corrected chi connectivity index (χ3v) is 7.46. The van der Waals surface area contributed by atoms with Crippen molar-refractivity contribution < 1.29 is 4.79 Å². The van der Waals surface area contributed by atoms with Crippen LogP contribution in [-0.2, 0) is 11.3 Å². The van der Waals surface area contributed by atoms with Gasteiger partial charge in [0, 0.05) is 31.5 Å². The van der Waals surface area contributed by atoms with Crippen molar-refractivity contribution in [3.8, 4) is 0 Å². The molecule has 4 heteroatoms. The Kier molecular flexibility index (Phi) is 5.13. The molecule has 0 bridgehead atoms. The van der Waals surface area contributed by atoms with Crippen molar-refractivity contribution in [1.29, 1.82) is 0 Å². The van der Waals surface area contributed by atoms with E-state index in [2.05, 4.69) is 33.7 Å². The van der Waals surface area contributed by atoms with Crippen molar-refractivity contribution in [1.82, 2.24) is 14.5 Å². The van der Waals surface area contributed by atoms with Gasteiger partial charge >= 0.3 is 0 Å². The second-order valence-electron chi connectivity index (χ2n) is 9.29. The predicted octanol–water partition coefficient (Wildman–Crippen LogP) is 5.27. The number of fused-ring (bicyclic) bond motifs is 1. The Labute approximate surface area is 168 Å². The average Bonchev–Trinajstić information content (AvgIpc) is 3.45. The minimum absolute atomic E-state index is 0.256. The third kappa shape index (κ3) is 3.46. The van der Waals surface area contributed by atoms with Crippen LogP contribution in [-0.4, -0.2) is 32.9 Å². The fourth-order valence-corrected chi connectivity index (χ4v) is 5.90. The van der Waals surface area contributed by atoms with Gasteiger partial charge in [-0.1, -0.05) is 57.1 Å². The van der Waals surface area contributed by atoms with Gasteiger partial charge in [-0.25, -0.2) is 4.98 Å². The summed E-state index contributed by atoms with van der Waals surface area (Å²) in [5, 5.41) is 0. The number of hydrogen-bond acceptors (Lipinski definition) is 2. The fraction of sp³-hybridized carbons (Fsp3) is 0.667. The molecule has 2 heterocycles. The number of para-hydroxylation sites is 2. The zero-order valence-corrected chi connectivity index (χ0v) is 17.0. The van der Waals surface area contributed by atoms with Gasteiger partial charge in [0.05, 0.1) is 11.0 Å². The maximum Gasteiger partial charge on any atom is 0.223 e. The van der Waals surface area contributed by atoms with Crippen LogP contribution in [0.1, 0.15) is 82.4 Å². The molecule has 2 aliphatic carbocycles. The van der Waals surface area contributed by atoms with Crippen LogP contribution in [0.2, 0.25) is 0 Å². The van der Waals surface area contributed by atoms with Crippen LogP contribution >= 0.6 is 0 Å².